The van der Waals surface area contributed by atoms with Crippen molar-refractivity contribution in [2.24, 2.45) is 11.3 Å². The number of halogens is 3. The summed E-state index contributed by atoms with van der Waals surface area (Å²) in [6, 6.07) is 10.7. The summed E-state index contributed by atoms with van der Waals surface area (Å²) in [4.78, 5) is 23.5. The minimum absolute atomic E-state index is 0.0359. The van der Waals surface area contributed by atoms with Gasteiger partial charge in [0.1, 0.15) is 0 Å². The molecule has 1 aromatic rings. The number of likely N-dealkylation sites (tertiary alicyclic amines) is 1. The molecule has 6 nitrogen and oxygen atoms in total. The Morgan fingerprint density at radius 1 is 1.28 bits per heavy atom. The van der Waals surface area contributed by atoms with Crippen molar-refractivity contribution in [3.63, 3.8) is 0 Å². The Morgan fingerprint density at radius 2 is 1.86 bits per heavy atom. The Hall–Kier alpha value is -2.13. The van der Waals surface area contributed by atoms with E-state index in [1.54, 1.807) is 7.11 Å². The van der Waals surface area contributed by atoms with Crippen molar-refractivity contribution >= 4 is 11.9 Å². The number of piperidine rings is 1. The number of rotatable bonds is 5. The monoisotopic (exact) mass is 416 g/mol. The Morgan fingerprint density at radius 3 is 2.38 bits per heavy atom. The highest BCUT2D eigenvalue weighted by Crippen LogP contribution is 2.42. The lowest BCUT2D eigenvalue weighted by Crippen LogP contribution is -2.45. The van der Waals surface area contributed by atoms with E-state index in [2.05, 4.69) is 40.5 Å². The van der Waals surface area contributed by atoms with E-state index < -0.39 is 12.1 Å². The van der Waals surface area contributed by atoms with Gasteiger partial charge in [0.05, 0.1) is 12.5 Å². The molecule has 0 bridgehead atoms. The molecule has 0 aromatic heterocycles. The van der Waals surface area contributed by atoms with Crippen LogP contribution in [0.15, 0.2) is 30.3 Å². The zero-order valence-electron chi connectivity index (χ0n) is 16.4. The number of carbonyl (C=O) groups excluding carboxylic acids is 1. The van der Waals surface area contributed by atoms with Gasteiger partial charge in [-0.2, -0.15) is 13.2 Å². The number of nitrogens with one attached hydrogen (secondary N) is 1. The zero-order valence-corrected chi connectivity index (χ0v) is 16.4. The zero-order chi connectivity index (χ0) is 21.5. The second-order valence-electron chi connectivity index (χ2n) is 7.47. The van der Waals surface area contributed by atoms with Gasteiger partial charge in [-0.25, -0.2) is 4.79 Å². The van der Waals surface area contributed by atoms with Gasteiger partial charge in [-0.3, -0.25) is 4.79 Å². The molecule has 2 N–H and O–H groups in total. The van der Waals surface area contributed by atoms with Crippen LogP contribution in [0, 0.1) is 11.3 Å². The van der Waals surface area contributed by atoms with Gasteiger partial charge in [0, 0.05) is 25.6 Å². The predicted molar refractivity (Wildman–Crippen MR) is 100 cm³/mol. The molecule has 2 heterocycles. The quantitative estimate of drug-likeness (QED) is 0.771. The summed E-state index contributed by atoms with van der Waals surface area (Å²) in [6.45, 7) is 4.66. The van der Waals surface area contributed by atoms with Gasteiger partial charge in [-0.15, -0.1) is 0 Å². The molecule has 2 saturated heterocycles. The lowest BCUT2D eigenvalue weighted by Gasteiger charge is -2.41. The first kappa shape index (κ1) is 23.2. The summed E-state index contributed by atoms with van der Waals surface area (Å²) in [5, 5.41) is 10.2. The number of carboxylic acid groups (broad SMARTS) is 1. The molecular formula is C20H27F3N2O4. The van der Waals surface area contributed by atoms with Crippen molar-refractivity contribution in [1.29, 1.82) is 0 Å². The van der Waals surface area contributed by atoms with Crippen molar-refractivity contribution in [1.82, 2.24) is 10.2 Å². The van der Waals surface area contributed by atoms with Gasteiger partial charge >= 0.3 is 12.1 Å². The molecule has 2 aliphatic rings. The van der Waals surface area contributed by atoms with Gasteiger partial charge in [-0.05, 0) is 37.9 Å². The number of ether oxygens (including phenoxy) is 1. The number of hydrogen-bond acceptors (Lipinski definition) is 4. The van der Waals surface area contributed by atoms with E-state index in [4.69, 9.17) is 14.6 Å². The maximum Gasteiger partial charge on any atom is 0.490 e. The third-order valence-corrected chi connectivity index (χ3v) is 5.66. The van der Waals surface area contributed by atoms with E-state index in [9.17, 15) is 18.0 Å². The van der Waals surface area contributed by atoms with Crippen LogP contribution in [0.1, 0.15) is 18.4 Å². The number of nitrogens with zero attached hydrogens (tertiary/aromatic N) is 1. The molecule has 29 heavy (non-hydrogen) atoms. The van der Waals surface area contributed by atoms with E-state index in [0.29, 0.717) is 6.61 Å². The standard InChI is InChI=1S/C18H26N2O2.C2HF3O2/c1-22-13-16-17(21)19-14-18(16)8-11-20(12-9-18)10-7-15-5-3-2-4-6-15;3-2(4,5)1(6)7/h2-6,16H,7-14H2,1H3,(H,19,21);(H,6,7). The summed E-state index contributed by atoms with van der Waals surface area (Å²) in [6.07, 6.45) is -1.80. The summed E-state index contributed by atoms with van der Waals surface area (Å²) >= 11 is 0. The average Bonchev–Trinajstić information content (AvgIpc) is 2.98. The Kier molecular flexibility index (Phi) is 8.04. The van der Waals surface area contributed by atoms with Crippen LogP contribution in [0.3, 0.4) is 0 Å². The van der Waals surface area contributed by atoms with Crippen molar-refractivity contribution in [2.75, 3.05) is 39.9 Å². The first-order chi connectivity index (χ1) is 13.7. The normalized spacial score (nSPS) is 21.4. The van der Waals surface area contributed by atoms with E-state index in [0.717, 1.165) is 45.4 Å². The SMILES string of the molecule is COCC1C(=O)NCC12CCN(CCc1ccccc1)CC2.O=C(O)C(F)(F)F. The minimum atomic E-state index is -5.08. The first-order valence-corrected chi connectivity index (χ1v) is 9.51. The molecule has 1 unspecified atom stereocenters. The average molecular weight is 416 g/mol. The van der Waals surface area contributed by atoms with Crippen LogP contribution < -0.4 is 5.32 Å². The number of carbonyl (C=O) groups is 2. The Balaban J connectivity index is 0.000000370. The smallest absolute Gasteiger partial charge is 0.475 e. The third-order valence-electron chi connectivity index (χ3n) is 5.66. The first-order valence-electron chi connectivity index (χ1n) is 9.51. The fourth-order valence-electron chi connectivity index (χ4n) is 3.89. The molecule has 0 saturated carbocycles. The van der Waals surface area contributed by atoms with Gasteiger partial charge in [-0.1, -0.05) is 30.3 Å². The number of aliphatic carboxylic acids is 1. The second kappa shape index (κ2) is 10.1. The number of hydrogen-bond donors (Lipinski definition) is 2. The topological polar surface area (TPSA) is 78.9 Å². The van der Waals surface area contributed by atoms with Gasteiger partial charge < -0.3 is 20.1 Å². The van der Waals surface area contributed by atoms with Gasteiger partial charge in [0.25, 0.3) is 0 Å². The highest BCUT2D eigenvalue weighted by atomic mass is 19.4. The summed E-state index contributed by atoms with van der Waals surface area (Å²) < 4.78 is 37.0. The van der Waals surface area contributed by atoms with Crippen LogP contribution in [-0.4, -0.2) is 68.0 Å². The molecule has 1 spiro atoms. The van der Waals surface area contributed by atoms with Crippen molar-refractivity contribution in [2.45, 2.75) is 25.4 Å². The van der Waals surface area contributed by atoms with E-state index in [-0.39, 0.29) is 17.2 Å². The Bertz CT molecular complexity index is 674. The molecule has 3 rings (SSSR count). The van der Waals surface area contributed by atoms with E-state index in [1.165, 1.54) is 5.56 Å². The lowest BCUT2D eigenvalue weighted by atomic mass is 9.71. The van der Waals surface area contributed by atoms with Gasteiger partial charge in [0.15, 0.2) is 0 Å². The van der Waals surface area contributed by atoms with Crippen LogP contribution in [0.4, 0.5) is 13.2 Å². The number of carboxylic acids is 1. The molecule has 0 aliphatic carbocycles. The van der Waals surface area contributed by atoms with Crippen molar-refractivity contribution in [3.05, 3.63) is 35.9 Å². The third kappa shape index (κ3) is 6.43. The Labute approximate surface area is 168 Å². The lowest BCUT2D eigenvalue weighted by molar-refractivity contribution is -0.192. The van der Waals surface area contributed by atoms with Crippen LogP contribution in [0.2, 0.25) is 0 Å². The van der Waals surface area contributed by atoms with Crippen molar-refractivity contribution in [3.8, 4) is 0 Å². The molecule has 1 atom stereocenters. The largest absolute Gasteiger partial charge is 0.490 e. The number of amides is 1. The molecular weight excluding hydrogens is 389 g/mol. The molecule has 2 fully saturated rings. The van der Waals surface area contributed by atoms with E-state index >= 15 is 0 Å². The summed E-state index contributed by atoms with van der Waals surface area (Å²) in [5.74, 6) is -2.54. The van der Waals surface area contributed by atoms with Crippen LogP contribution in [0.25, 0.3) is 0 Å². The maximum atomic E-state index is 12.0. The van der Waals surface area contributed by atoms with Gasteiger partial charge in [0.2, 0.25) is 5.91 Å². The second-order valence-corrected chi connectivity index (χ2v) is 7.47. The molecule has 1 amide bonds. The fraction of sp³-hybridized carbons (Fsp3) is 0.600. The number of methoxy groups -OCH3 is 1. The molecule has 162 valence electrons. The summed E-state index contributed by atoms with van der Waals surface area (Å²) in [7, 11) is 1.69. The number of alkyl halides is 3. The molecule has 2 aliphatic heterocycles. The van der Waals surface area contributed by atoms with Crippen LogP contribution in [-0.2, 0) is 20.7 Å². The maximum absolute atomic E-state index is 12.0. The molecule has 0 radical (unpaired) electrons. The fourth-order valence-corrected chi connectivity index (χ4v) is 3.89. The van der Waals surface area contributed by atoms with E-state index in [1.807, 2.05) is 0 Å². The predicted octanol–water partition coefficient (Wildman–Crippen LogP) is 2.34. The van der Waals surface area contributed by atoms with Crippen LogP contribution in [0.5, 0.6) is 0 Å². The highest BCUT2D eigenvalue weighted by molar-refractivity contribution is 5.82. The highest BCUT2D eigenvalue weighted by Gasteiger charge is 2.49. The van der Waals surface area contributed by atoms with Crippen LogP contribution >= 0.6 is 0 Å². The number of benzene rings is 1. The minimum Gasteiger partial charge on any atom is -0.475 e. The molecule has 1 aromatic carbocycles. The van der Waals surface area contributed by atoms with Crippen molar-refractivity contribution < 1.29 is 32.6 Å². The summed E-state index contributed by atoms with van der Waals surface area (Å²) in [5.41, 5.74) is 1.52. The molecule has 9 heteroatoms.